The SMILES string of the molecule is Cc1nc(N2CCC3(CC2)CO[C@@H](C)[C@H]3N)c(CO)nc1Sc1ccnc(NC(=O)NS(=O)(=O)c2ccccc2)c1Cl. The summed E-state index contributed by atoms with van der Waals surface area (Å²) in [5, 5.41) is 13.2. The molecule has 1 spiro atoms. The zero-order chi connectivity index (χ0) is 30.1. The molecule has 0 bridgehead atoms. The van der Waals surface area contributed by atoms with Crippen LogP contribution in [0.4, 0.5) is 16.4 Å². The fourth-order valence-corrected chi connectivity index (χ4v) is 7.30. The molecule has 2 aromatic heterocycles. The van der Waals surface area contributed by atoms with Crippen LogP contribution in [0.3, 0.4) is 0 Å². The van der Waals surface area contributed by atoms with E-state index in [1.807, 2.05) is 18.6 Å². The summed E-state index contributed by atoms with van der Waals surface area (Å²) >= 11 is 7.74. The average molecular weight is 634 g/mol. The van der Waals surface area contributed by atoms with Gasteiger partial charge in [-0.15, -0.1) is 0 Å². The Morgan fingerprint density at radius 1 is 1.24 bits per heavy atom. The molecule has 12 nitrogen and oxygen atoms in total. The molecule has 2 amide bonds. The summed E-state index contributed by atoms with van der Waals surface area (Å²) in [6.07, 6.45) is 3.20. The number of aromatic nitrogens is 3. The van der Waals surface area contributed by atoms with Crippen molar-refractivity contribution in [2.45, 2.75) is 60.3 Å². The number of ether oxygens (including phenoxy) is 1. The number of amides is 2. The molecule has 15 heteroatoms. The van der Waals surface area contributed by atoms with Crippen LogP contribution in [-0.2, 0) is 21.4 Å². The average Bonchev–Trinajstić information content (AvgIpc) is 3.25. The Bertz CT molecular complexity index is 1570. The zero-order valence-electron chi connectivity index (χ0n) is 23.1. The van der Waals surface area contributed by atoms with E-state index in [1.54, 1.807) is 24.3 Å². The summed E-state index contributed by atoms with van der Waals surface area (Å²) in [6.45, 7) is 5.65. The van der Waals surface area contributed by atoms with Gasteiger partial charge in [0.2, 0.25) is 0 Å². The predicted octanol–water partition coefficient (Wildman–Crippen LogP) is 3.32. The Balaban J connectivity index is 1.29. The maximum absolute atomic E-state index is 12.5. The molecule has 2 fully saturated rings. The summed E-state index contributed by atoms with van der Waals surface area (Å²) in [4.78, 5) is 28.6. The van der Waals surface area contributed by atoms with Gasteiger partial charge in [-0.05, 0) is 44.9 Å². The molecule has 5 N–H and O–H groups in total. The van der Waals surface area contributed by atoms with Crippen LogP contribution in [0.2, 0.25) is 5.02 Å². The Labute approximate surface area is 253 Å². The number of anilines is 2. The van der Waals surface area contributed by atoms with Gasteiger partial charge < -0.3 is 20.5 Å². The number of carbonyl (C=O) groups excluding carboxylic acids is 1. The Hall–Kier alpha value is -3.01. The number of carbonyl (C=O) groups is 1. The maximum atomic E-state index is 12.5. The van der Waals surface area contributed by atoms with Gasteiger partial charge >= 0.3 is 6.03 Å². The fourth-order valence-electron chi connectivity index (χ4n) is 5.23. The van der Waals surface area contributed by atoms with E-state index in [9.17, 15) is 18.3 Å². The number of benzene rings is 1. The first-order valence-corrected chi connectivity index (χ1v) is 16.0. The lowest BCUT2D eigenvalue weighted by atomic mass is 9.73. The first-order chi connectivity index (χ1) is 20.0. The summed E-state index contributed by atoms with van der Waals surface area (Å²) in [7, 11) is -4.09. The molecule has 42 heavy (non-hydrogen) atoms. The number of nitrogens with one attached hydrogen (secondary N) is 2. The number of pyridine rings is 1. The first kappa shape index (κ1) is 30.4. The number of nitrogens with two attached hydrogens (primary N) is 1. The number of aliphatic hydroxyl groups is 1. The summed E-state index contributed by atoms with van der Waals surface area (Å²) < 4.78 is 32.7. The molecule has 4 heterocycles. The number of rotatable bonds is 7. The molecule has 1 aromatic carbocycles. The number of hydrogen-bond acceptors (Lipinski definition) is 11. The summed E-state index contributed by atoms with van der Waals surface area (Å²) in [6, 6.07) is 8.13. The van der Waals surface area contributed by atoms with Gasteiger partial charge in [0.15, 0.2) is 11.6 Å². The van der Waals surface area contributed by atoms with E-state index >= 15 is 0 Å². The second kappa shape index (κ2) is 12.3. The largest absolute Gasteiger partial charge is 0.390 e. The number of aryl methyl sites for hydroxylation is 1. The summed E-state index contributed by atoms with van der Waals surface area (Å²) in [5.41, 5.74) is 7.50. The number of piperidine rings is 1. The van der Waals surface area contributed by atoms with E-state index in [-0.39, 0.29) is 39.9 Å². The van der Waals surface area contributed by atoms with Gasteiger partial charge in [-0.3, -0.25) is 5.32 Å². The Kier molecular flexibility index (Phi) is 8.92. The van der Waals surface area contributed by atoms with E-state index in [0.29, 0.717) is 33.7 Å². The van der Waals surface area contributed by atoms with Crippen molar-refractivity contribution in [1.82, 2.24) is 19.7 Å². The van der Waals surface area contributed by atoms with E-state index < -0.39 is 16.1 Å². The molecule has 2 saturated heterocycles. The molecule has 0 unspecified atom stereocenters. The van der Waals surface area contributed by atoms with Gasteiger partial charge in [0, 0.05) is 35.6 Å². The smallest absolute Gasteiger partial charge is 0.334 e. The second-order valence-corrected chi connectivity index (χ2v) is 13.5. The van der Waals surface area contributed by atoms with Crippen molar-refractivity contribution in [1.29, 1.82) is 0 Å². The minimum Gasteiger partial charge on any atom is -0.390 e. The monoisotopic (exact) mass is 633 g/mol. The van der Waals surface area contributed by atoms with Crippen LogP contribution < -0.4 is 20.7 Å². The van der Waals surface area contributed by atoms with Crippen LogP contribution in [0.1, 0.15) is 31.2 Å². The van der Waals surface area contributed by atoms with Crippen LogP contribution in [0.5, 0.6) is 0 Å². The van der Waals surface area contributed by atoms with Crippen LogP contribution in [0, 0.1) is 12.3 Å². The molecule has 3 aromatic rings. The van der Waals surface area contributed by atoms with Crippen molar-refractivity contribution in [3.05, 3.63) is 59.0 Å². The Morgan fingerprint density at radius 3 is 2.60 bits per heavy atom. The second-order valence-electron chi connectivity index (χ2n) is 10.4. The van der Waals surface area contributed by atoms with E-state index in [4.69, 9.17) is 32.0 Å². The molecule has 224 valence electrons. The fraction of sp³-hybridized carbons (Fsp3) is 0.407. The molecule has 0 saturated carbocycles. The van der Waals surface area contributed by atoms with Gasteiger partial charge in [-0.1, -0.05) is 41.6 Å². The third-order valence-corrected chi connectivity index (χ3v) is 10.7. The standard InChI is InChI=1S/C27H32ClN7O5S2/c1-16-25(32-19(14-36)24(31-16)35-12-9-27(10-13-35)15-40-17(2)22(27)29)41-20-8-11-30-23(21(20)28)33-26(37)34-42(38,39)18-6-4-3-5-7-18/h3-8,11,17,22,36H,9-10,12-15,29H2,1-2H3,(H2,30,33,34,37)/t17-,22+/m0/s1. The lowest BCUT2D eigenvalue weighted by Gasteiger charge is -2.42. The number of nitrogens with zero attached hydrogens (tertiary/aromatic N) is 4. The number of hydrogen-bond donors (Lipinski definition) is 4. The maximum Gasteiger partial charge on any atom is 0.334 e. The van der Waals surface area contributed by atoms with Crippen molar-refractivity contribution in [2.24, 2.45) is 11.1 Å². The van der Waals surface area contributed by atoms with Crippen LogP contribution in [0.25, 0.3) is 0 Å². The van der Waals surface area contributed by atoms with Crippen molar-refractivity contribution in [3.8, 4) is 0 Å². The van der Waals surface area contributed by atoms with E-state index in [2.05, 4.69) is 15.2 Å². The molecule has 0 aliphatic carbocycles. The van der Waals surface area contributed by atoms with Crippen LogP contribution >= 0.6 is 23.4 Å². The highest BCUT2D eigenvalue weighted by Gasteiger charge is 2.47. The van der Waals surface area contributed by atoms with E-state index in [1.165, 1.54) is 30.1 Å². The number of aliphatic hydroxyl groups excluding tert-OH is 1. The van der Waals surface area contributed by atoms with Gasteiger partial charge in [-0.25, -0.2) is 32.9 Å². The number of urea groups is 1. The van der Waals surface area contributed by atoms with Crippen molar-refractivity contribution >= 4 is 51.1 Å². The topological polar surface area (TPSA) is 173 Å². The lowest BCUT2D eigenvalue weighted by molar-refractivity contribution is 0.0973. The lowest BCUT2D eigenvalue weighted by Crippen LogP contribution is -2.51. The normalized spacial score (nSPS) is 20.1. The van der Waals surface area contributed by atoms with Crippen molar-refractivity contribution in [2.75, 3.05) is 29.9 Å². The minimum absolute atomic E-state index is 0.00705. The minimum atomic E-state index is -4.09. The van der Waals surface area contributed by atoms with Gasteiger partial charge in [0.25, 0.3) is 10.0 Å². The molecular formula is C27H32ClN7O5S2. The molecule has 2 atom stereocenters. The molecule has 2 aliphatic rings. The van der Waals surface area contributed by atoms with Gasteiger partial charge in [0.1, 0.15) is 10.7 Å². The highest BCUT2D eigenvalue weighted by molar-refractivity contribution is 7.99. The van der Waals surface area contributed by atoms with E-state index in [0.717, 1.165) is 25.9 Å². The first-order valence-electron chi connectivity index (χ1n) is 13.3. The van der Waals surface area contributed by atoms with Gasteiger partial charge in [0.05, 0.1) is 34.9 Å². The molecule has 0 radical (unpaired) electrons. The highest BCUT2D eigenvalue weighted by atomic mass is 35.5. The number of sulfonamides is 1. The molecule has 5 rings (SSSR count). The zero-order valence-corrected chi connectivity index (χ0v) is 25.5. The van der Waals surface area contributed by atoms with Crippen LogP contribution in [0.15, 0.2) is 57.4 Å². The third kappa shape index (κ3) is 6.19. The third-order valence-electron chi connectivity index (χ3n) is 7.71. The molecule has 2 aliphatic heterocycles. The highest BCUT2D eigenvalue weighted by Crippen LogP contribution is 2.43. The van der Waals surface area contributed by atoms with Crippen molar-refractivity contribution < 1.29 is 23.1 Å². The Morgan fingerprint density at radius 2 is 1.95 bits per heavy atom. The molecular weight excluding hydrogens is 602 g/mol. The van der Waals surface area contributed by atoms with Gasteiger partial charge in [-0.2, -0.15) is 0 Å². The quantitative estimate of drug-likeness (QED) is 0.301. The van der Waals surface area contributed by atoms with Crippen molar-refractivity contribution in [3.63, 3.8) is 0 Å². The van der Waals surface area contributed by atoms with Crippen LogP contribution in [-0.4, -0.2) is 66.3 Å². The predicted molar refractivity (Wildman–Crippen MR) is 159 cm³/mol. The summed E-state index contributed by atoms with van der Waals surface area (Å²) in [5.74, 6) is 0.604. The number of halogens is 1.